The lowest BCUT2D eigenvalue weighted by molar-refractivity contribution is -0.00000617. The molecule has 0 aliphatic heterocycles. The van der Waals surface area contributed by atoms with Gasteiger partial charge in [0.25, 0.3) is 0 Å². The maximum absolute atomic E-state index is 2.41. The van der Waals surface area contributed by atoms with E-state index in [1.807, 2.05) is 0 Å². The van der Waals surface area contributed by atoms with Crippen LogP contribution < -0.4 is 28.3 Å². The topological polar surface area (TPSA) is 0 Å². The first-order chi connectivity index (χ1) is 15.3. The van der Waals surface area contributed by atoms with Crippen LogP contribution in [0.4, 0.5) is 0 Å². The molecule has 0 N–H and O–H groups in total. The maximum Gasteiger partial charge on any atom is 0.116 e. The van der Waals surface area contributed by atoms with Gasteiger partial charge in [-0.15, -0.1) is 0 Å². The molecular formula is C30H32ClP. The molecule has 0 aliphatic rings. The smallest absolute Gasteiger partial charge is 0.116 e. The van der Waals surface area contributed by atoms with Crippen molar-refractivity contribution in [2.45, 2.75) is 38.8 Å². The molecule has 0 saturated heterocycles. The zero-order valence-corrected chi connectivity index (χ0v) is 20.5. The Hall–Kier alpha value is -2.40. The van der Waals surface area contributed by atoms with E-state index < -0.39 is 7.26 Å². The van der Waals surface area contributed by atoms with Gasteiger partial charge in [-0.05, 0) is 54.3 Å². The van der Waals surface area contributed by atoms with E-state index >= 15 is 0 Å². The van der Waals surface area contributed by atoms with Crippen molar-refractivity contribution in [2.24, 2.45) is 0 Å². The van der Waals surface area contributed by atoms with Crippen molar-refractivity contribution >= 4 is 23.2 Å². The fourth-order valence-corrected chi connectivity index (χ4v) is 9.11. The van der Waals surface area contributed by atoms with Gasteiger partial charge in [0, 0.05) is 0 Å². The van der Waals surface area contributed by atoms with Gasteiger partial charge in [-0.1, -0.05) is 105 Å². The molecule has 0 heterocycles. The lowest BCUT2D eigenvalue weighted by Crippen LogP contribution is -3.00. The van der Waals surface area contributed by atoms with Crippen LogP contribution in [-0.2, 0) is 12.6 Å². The van der Waals surface area contributed by atoms with Crippen molar-refractivity contribution < 1.29 is 12.4 Å². The van der Waals surface area contributed by atoms with Crippen LogP contribution in [0.2, 0.25) is 0 Å². The third-order valence-electron chi connectivity index (χ3n) is 6.11. The Morgan fingerprint density at radius 1 is 0.562 bits per heavy atom. The van der Waals surface area contributed by atoms with E-state index in [2.05, 4.69) is 122 Å². The van der Waals surface area contributed by atoms with Crippen LogP contribution in [0.15, 0.2) is 115 Å². The average molecular weight is 459 g/mol. The fraction of sp³-hybridized carbons (Fsp3) is 0.200. The SMILES string of the molecule is CCCCCc1ccccc1[P+](Cc1ccccc1)(c1ccccc1)c1ccccc1.[Cl-]. The zero-order valence-electron chi connectivity index (χ0n) is 18.8. The van der Waals surface area contributed by atoms with Crippen LogP contribution in [0, 0.1) is 0 Å². The van der Waals surface area contributed by atoms with Crippen LogP contribution in [-0.4, -0.2) is 0 Å². The van der Waals surface area contributed by atoms with Crippen LogP contribution in [0.3, 0.4) is 0 Å². The molecule has 0 aliphatic carbocycles. The molecule has 0 atom stereocenters. The molecule has 2 heteroatoms. The predicted octanol–water partition coefficient (Wildman–Crippen LogP) is 3.92. The number of unbranched alkanes of at least 4 members (excludes halogenated alkanes) is 2. The predicted molar refractivity (Wildman–Crippen MR) is 139 cm³/mol. The van der Waals surface area contributed by atoms with Crippen LogP contribution >= 0.6 is 7.26 Å². The van der Waals surface area contributed by atoms with Crippen molar-refractivity contribution in [3.63, 3.8) is 0 Å². The standard InChI is InChI=1S/C30H32P.ClH/c1-2-3-7-18-27-19-14-15-24-30(27)31(28-20-10-5-11-21-28,29-22-12-6-13-23-29)25-26-16-8-4-9-17-26;/h4-6,8-17,19-24H,2-3,7,18,25H2,1H3;1H/q+1;/p-1. The summed E-state index contributed by atoms with van der Waals surface area (Å²) in [7, 11) is -1.86. The molecule has 0 amide bonds. The van der Waals surface area contributed by atoms with E-state index in [1.54, 1.807) is 5.30 Å². The number of hydrogen-bond acceptors (Lipinski definition) is 0. The summed E-state index contributed by atoms with van der Waals surface area (Å²) in [6, 6.07) is 42.8. The quantitative estimate of drug-likeness (QED) is 0.263. The van der Waals surface area contributed by atoms with Crippen molar-refractivity contribution in [3.05, 3.63) is 126 Å². The molecule has 0 spiro atoms. The van der Waals surface area contributed by atoms with Crippen molar-refractivity contribution in [1.82, 2.24) is 0 Å². The molecule has 0 saturated carbocycles. The van der Waals surface area contributed by atoms with Gasteiger partial charge in [0.2, 0.25) is 0 Å². The van der Waals surface area contributed by atoms with Crippen LogP contribution in [0.25, 0.3) is 0 Å². The van der Waals surface area contributed by atoms with Crippen LogP contribution in [0.5, 0.6) is 0 Å². The highest BCUT2D eigenvalue weighted by Crippen LogP contribution is 2.58. The van der Waals surface area contributed by atoms with Gasteiger partial charge < -0.3 is 12.4 Å². The van der Waals surface area contributed by atoms with Crippen molar-refractivity contribution in [2.75, 3.05) is 0 Å². The number of benzene rings is 4. The van der Waals surface area contributed by atoms with Gasteiger partial charge in [-0.3, -0.25) is 0 Å². The minimum Gasteiger partial charge on any atom is -1.00 e. The van der Waals surface area contributed by atoms with Gasteiger partial charge in [-0.25, -0.2) is 0 Å². The molecule has 0 nitrogen and oxygen atoms in total. The Labute approximate surface area is 200 Å². The van der Waals surface area contributed by atoms with E-state index in [4.69, 9.17) is 0 Å². The van der Waals surface area contributed by atoms with E-state index in [0.717, 1.165) is 12.6 Å². The van der Waals surface area contributed by atoms with E-state index in [9.17, 15) is 0 Å². The molecule has 0 aromatic heterocycles. The van der Waals surface area contributed by atoms with Crippen molar-refractivity contribution in [3.8, 4) is 0 Å². The Morgan fingerprint density at radius 2 is 1.06 bits per heavy atom. The average Bonchev–Trinajstić information content (AvgIpc) is 2.85. The van der Waals surface area contributed by atoms with Gasteiger partial charge in [0.05, 0.1) is 6.16 Å². The lowest BCUT2D eigenvalue weighted by Gasteiger charge is -2.29. The zero-order chi connectivity index (χ0) is 21.4. The molecular weight excluding hydrogens is 427 g/mol. The number of hydrogen-bond donors (Lipinski definition) is 0. The number of aryl methyl sites for hydroxylation is 1. The largest absolute Gasteiger partial charge is 1.00 e. The summed E-state index contributed by atoms with van der Waals surface area (Å²) in [6.45, 7) is 2.28. The van der Waals surface area contributed by atoms with E-state index in [0.29, 0.717) is 0 Å². The second-order valence-electron chi connectivity index (χ2n) is 8.21. The minimum atomic E-state index is -1.86. The van der Waals surface area contributed by atoms with Gasteiger partial charge >= 0.3 is 0 Å². The summed E-state index contributed by atoms with van der Waals surface area (Å²) >= 11 is 0. The minimum absolute atomic E-state index is 0. The molecule has 4 aromatic carbocycles. The lowest BCUT2D eigenvalue weighted by atomic mass is 10.1. The first-order valence-corrected chi connectivity index (χ1v) is 13.4. The Bertz CT molecular complexity index is 1020. The van der Waals surface area contributed by atoms with E-state index in [-0.39, 0.29) is 12.4 Å². The van der Waals surface area contributed by atoms with E-state index in [1.165, 1.54) is 41.0 Å². The third-order valence-corrected chi connectivity index (χ3v) is 10.6. The number of rotatable bonds is 9. The highest BCUT2D eigenvalue weighted by Gasteiger charge is 2.46. The molecule has 32 heavy (non-hydrogen) atoms. The van der Waals surface area contributed by atoms with Crippen LogP contribution in [0.1, 0.15) is 37.3 Å². The molecule has 0 unspecified atom stereocenters. The monoisotopic (exact) mass is 458 g/mol. The molecule has 4 aromatic rings. The van der Waals surface area contributed by atoms with Crippen molar-refractivity contribution in [1.29, 1.82) is 0 Å². The second kappa shape index (κ2) is 12.0. The highest BCUT2D eigenvalue weighted by atomic mass is 35.5. The molecule has 0 bridgehead atoms. The summed E-state index contributed by atoms with van der Waals surface area (Å²) in [5, 5.41) is 4.48. The summed E-state index contributed by atoms with van der Waals surface area (Å²) in [4.78, 5) is 0. The van der Waals surface area contributed by atoms with Gasteiger partial charge in [-0.2, -0.15) is 0 Å². The molecule has 4 rings (SSSR count). The third kappa shape index (κ3) is 5.32. The summed E-state index contributed by atoms with van der Waals surface area (Å²) in [6.07, 6.45) is 5.99. The maximum atomic E-state index is 2.41. The Kier molecular flexibility index (Phi) is 9.10. The molecule has 0 radical (unpaired) electrons. The summed E-state index contributed by atoms with van der Waals surface area (Å²) in [5.74, 6) is 0. The summed E-state index contributed by atoms with van der Waals surface area (Å²) < 4.78 is 0. The highest BCUT2D eigenvalue weighted by molar-refractivity contribution is 7.95. The number of halogens is 1. The second-order valence-corrected chi connectivity index (χ2v) is 11.7. The molecule has 164 valence electrons. The van der Waals surface area contributed by atoms with Gasteiger partial charge in [0.1, 0.15) is 23.2 Å². The first kappa shape index (κ1) is 24.2. The fourth-order valence-electron chi connectivity index (χ4n) is 4.58. The van der Waals surface area contributed by atoms with Gasteiger partial charge in [0.15, 0.2) is 0 Å². The Morgan fingerprint density at radius 3 is 1.62 bits per heavy atom. The summed E-state index contributed by atoms with van der Waals surface area (Å²) in [5.41, 5.74) is 2.93. The normalized spacial score (nSPS) is 11.0. The first-order valence-electron chi connectivity index (χ1n) is 11.5. The Balaban J connectivity index is 0.00000289. The molecule has 0 fully saturated rings.